The highest BCUT2D eigenvalue weighted by molar-refractivity contribution is 6.31. The van der Waals surface area contributed by atoms with Crippen molar-refractivity contribution >= 4 is 28.4 Å². The summed E-state index contributed by atoms with van der Waals surface area (Å²) in [5.41, 5.74) is 3.73. The van der Waals surface area contributed by atoms with Crippen molar-refractivity contribution in [2.24, 2.45) is 0 Å². The Morgan fingerprint density at radius 3 is 2.96 bits per heavy atom. The van der Waals surface area contributed by atoms with E-state index in [2.05, 4.69) is 23.3 Å². The molecule has 0 spiro atoms. The van der Waals surface area contributed by atoms with Gasteiger partial charge in [-0.2, -0.15) is 0 Å². The summed E-state index contributed by atoms with van der Waals surface area (Å²) >= 11 is 6.22. The number of H-pyrrole nitrogens is 1. The fourth-order valence-electron chi connectivity index (χ4n) is 4.51. The van der Waals surface area contributed by atoms with Crippen LogP contribution in [0.5, 0.6) is 0 Å². The van der Waals surface area contributed by atoms with Gasteiger partial charge in [-0.15, -0.1) is 0 Å². The number of benzene rings is 1. The number of aromatic amines is 1. The van der Waals surface area contributed by atoms with Crippen LogP contribution in [0.4, 0.5) is 0 Å². The zero-order valence-corrected chi connectivity index (χ0v) is 15.4. The summed E-state index contributed by atoms with van der Waals surface area (Å²) in [6, 6.07) is 6.27. The van der Waals surface area contributed by atoms with E-state index in [0.717, 1.165) is 49.1 Å². The van der Waals surface area contributed by atoms with Crippen molar-refractivity contribution in [1.82, 2.24) is 10.3 Å². The lowest BCUT2D eigenvalue weighted by Crippen LogP contribution is -2.43. The fourth-order valence-corrected chi connectivity index (χ4v) is 4.68. The molecule has 1 aliphatic carbocycles. The quantitative estimate of drug-likeness (QED) is 0.849. The predicted molar refractivity (Wildman–Crippen MR) is 100 cm³/mol. The van der Waals surface area contributed by atoms with E-state index in [0.29, 0.717) is 12.5 Å². The van der Waals surface area contributed by atoms with E-state index in [1.807, 2.05) is 12.1 Å². The average Bonchev–Trinajstić information content (AvgIpc) is 3.22. The third-order valence-electron chi connectivity index (χ3n) is 5.65. The van der Waals surface area contributed by atoms with Crippen molar-refractivity contribution in [2.75, 3.05) is 6.61 Å². The van der Waals surface area contributed by atoms with E-state index < -0.39 is 0 Å². The number of ether oxygens (including phenoxy) is 1. The first kappa shape index (κ1) is 16.9. The van der Waals surface area contributed by atoms with E-state index in [1.54, 1.807) is 0 Å². The van der Waals surface area contributed by atoms with Crippen LogP contribution in [-0.2, 0) is 9.53 Å². The molecule has 1 aliphatic heterocycles. The molecule has 4 rings (SSSR count). The lowest BCUT2D eigenvalue weighted by molar-refractivity contribution is -0.131. The normalized spacial score (nSPS) is 26.9. The largest absolute Gasteiger partial charge is 0.368 e. The molecule has 1 aromatic heterocycles. The van der Waals surface area contributed by atoms with Crippen LogP contribution in [0.3, 0.4) is 0 Å². The van der Waals surface area contributed by atoms with Crippen LogP contribution in [0, 0.1) is 6.92 Å². The second-order valence-electron chi connectivity index (χ2n) is 7.42. The molecule has 1 amide bonds. The van der Waals surface area contributed by atoms with Crippen LogP contribution in [0.2, 0.25) is 5.02 Å². The number of rotatable bonds is 3. The van der Waals surface area contributed by atoms with Gasteiger partial charge in [0.2, 0.25) is 5.91 Å². The van der Waals surface area contributed by atoms with E-state index in [9.17, 15) is 4.79 Å². The van der Waals surface area contributed by atoms with Gasteiger partial charge in [0.15, 0.2) is 0 Å². The molecule has 1 saturated heterocycles. The number of carbonyl (C=O) groups is 1. The smallest absolute Gasteiger partial charge is 0.249 e. The molecule has 2 heterocycles. The molecule has 2 fully saturated rings. The molecule has 1 aromatic carbocycles. The number of nitrogens with one attached hydrogen (secondary N) is 2. The number of halogens is 1. The van der Waals surface area contributed by atoms with Crippen molar-refractivity contribution in [2.45, 2.75) is 63.5 Å². The lowest BCUT2D eigenvalue weighted by atomic mass is 9.80. The highest BCUT2D eigenvalue weighted by Crippen LogP contribution is 2.39. The Morgan fingerprint density at radius 2 is 2.16 bits per heavy atom. The number of carbonyl (C=O) groups excluding carboxylic acids is 1. The first-order chi connectivity index (χ1) is 12.1. The average molecular weight is 361 g/mol. The minimum Gasteiger partial charge on any atom is -0.368 e. The number of amides is 1. The van der Waals surface area contributed by atoms with Crippen molar-refractivity contribution < 1.29 is 9.53 Å². The molecule has 1 saturated carbocycles. The van der Waals surface area contributed by atoms with E-state index in [1.165, 1.54) is 16.6 Å². The second-order valence-corrected chi connectivity index (χ2v) is 7.86. The monoisotopic (exact) mass is 360 g/mol. The van der Waals surface area contributed by atoms with Crippen LogP contribution in [0.15, 0.2) is 18.2 Å². The fraction of sp³-hybridized carbons (Fsp3) is 0.550. The van der Waals surface area contributed by atoms with Crippen LogP contribution < -0.4 is 5.32 Å². The maximum absolute atomic E-state index is 12.4. The highest BCUT2D eigenvalue weighted by Gasteiger charge is 2.30. The zero-order valence-electron chi connectivity index (χ0n) is 14.6. The van der Waals surface area contributed by atoms with Crippen molar-refractivity contribution in [3.05, 3.63) is 34.5 Å². The van der Waals surface area contributed by atoms with Crippen LogP contribution in [-0.4, -0.2) is 29.6 Å². The summed E-state index contributed by atoms with van der Waals surface area (Å²) in [4.78, 5) is 15.9. The summed E-state index contributed by atoms with van der Waals surface area (Å²) in [5.74, 6) is 0.526. The second kappa shape index (κ2) is 7.00. The molecule has 2 aliphatic rings. The van der Waals surface area contributed by atoms with Crippen LogP contribution in [0.1, 0.15) is 55.7 Å². The summed E-state index contributed by atoms with van der Waals surface area (Å²) in [7, 11) is 0. The SMILES string of the molecule is Cc1[nH]c2ccc(Cl)cc2c1[C@H]1CCC[C@H](NC(=O)[C@@H]2CCCO2)C1. The van der Waals surface area contributed by atoms with Gasteiger partial charge in [-0.3, -0.25) is 4.79 Å². The molecule has 134 valence electrons. The molecule has 2 N–H and O–H groups in total. The van der Waals surface area contributed by atoms with E-state index in [-0.39, 0.29) is 18.1 Å². The van der Waals surface area contributed by atoms with Crippen molar-refractivity contribution in [1.29, 1.82) is 0 Å². The van der Waals surface area contributed by atoms with Crippen LogP contribution in [0.25, 0.3) is 10.9 Å². The highest BCUT2D eigenvalue weighted by atomic mass is 35.5. The standard InChI is InChI=1S/C20H25ClN2O2/c1-12-19(16-11-14(21)7-8-17(16)22-12)13-4-2-5-15(10-13)23-20(24)18-6-3-9-25-18/h7-8,11,13,15,18,22H,2-6,9-10H2,1H3,(H,23,24)/t13-,15-,18-/m0/s1. The third-order valence-corrected chi connectivity index (χ3v) is 5.88. The molecule has 0 unspecified atom stereocenters. The van der Waals surface area contributed by atoms with Gasteiger partial charge in [-0.25, -0.2) is 0 Å². The lowest BCUT2D eigenvalue weighted by Gasteiger charge is -2.31. The van der Waals surface area contributed by atoms with Gasteiger partial charge in [-0.1, -0.05) is 18.0 Å². The minimum atomic E-state index is -0.242. The Balaban J connectivity index is 1.52. The van der Waals surface area contributed by atoms with Gasteiger partial charge in [0.1, 0.15) is 6.10 Å². The zero-order chi connectivity index (χ0) is 17.4. The molecule has 2 aromatic rings. The molecule has 5 heteroatoms. The van der Waals surface area contributed by atoms with Gasteiger partial charge in [-0.05, 0) is 68.7 Å². The Labute approximate surface area is 153 Å². The molecular formula is C20H25ClN2O2. The molecular weight excluding hydrogens is 336 g/mol. The number of hydrogen-bond acceptors (Lipinski definition) is 2. The number of hydrogen-bond donors (Lipinski definition) is 2. The summed E-state index contributed by atoms with van der Waals surface area (Å²) in [6.07, 6.45) is 5.92. The van der Waals surface area contributed by atoms with Gasteiger partial charge >= 0.3 is 0 Å². The van der Waals surface area contributed by atoms with Crippen LogP contribution >= 0.6 is 11.6 Å². The van der Waals surface area contributed by atoms with E-state index >= 15 is 0 Å². The summed E-state index contributed by atoms with van der Waals surface area (Å²) in [6.45, 7) is 2.85. The van der Waals surface area contributed by atoms with Gasteiger partial charge in [0.25, 0.3) is 0 Å². The number of fused-ring (bicyclic) bond motifs is 1. The topological polar surface area (TPSA) is 54.1 Å². The van der Waals surface area contributed by atoms with Gasteiger partial charge in [0.05, 0.1) is 0 Å². The maximum atomic E-state index is 12.4. The molecule has 4 nitrogen and oxygen atoms in total. The molecule has 0 radical (unpaired) electrons. The molecule has 3 atom stereocenters. The Hall–Kier alpha value is -1.52. The molecule has 0 bridgehead atoms. The Bertz CT molecular complexity index is 779. The third kappa shape index (κ3) is 3.42. The van der Waals surface area contributed by atoms with Gasteiger partial charge < -0.3 is 15.0 Å². The number of aromatic nitrogens is 1. The summed E-state index contributed by atoms with van der Waals surface area (Å²) in [5, 5.41) is 5.22. The maximum Gasteiger partial charge on any atom is 0.249 e. The first-order valence-electron chi connectivity index (χ1n) is 9.31. The Morgan fingerprint density at radius 1 is 1.28 bits per heavy atom. The van der Waals surface area contributed by atoms with Crippen molar-refractivity contribution in [3.8, 4) is 0 Å². The minimum absolute atomic E-state index is 0.0712. The molecule has 25 heavy (non-hydrogen) atoms. The summed E-state index contributed by atoms with van der Waals surface area (Å²) < 4.78 is 5.51. The van der Waals surface area contributed by atoms with Crippen molar-refractivity contribution in [3.63, 3.8) is 0 Å². The predicted octanol–water partition coefficient (Wildman–Crippen LogP) is 4.45. The Kier molecular flexibility index (Phi) is 4.74. The van der Waals surface area contributed by atoms with Gasteiger partial charge in [0, 0.05) is 34.3 Å². The van der Waals surface area contributed by atoms with E-state index in [4.69, 9.17) is 16.3 Å². The first-order valence-corrected chi connectivity index (χ1v) is 9.69. The number of aryl methyl sites for hydroxylation is 1.